The Labute approximate surface area is 54.3 Å². The summed E-state index contributed by atoms with van der Waals surface area (Å²) in [5.74, 6) is 0. The van der Waals surface area contributed by atoms with Gasteiger partial charge in [-0.25, -0.2) is 0 Å². The number of hydrogen-bond donors (Lipinski definition) is 2. The highest BCUT2D eigenvalue weighted by Gasteiger charge is 2.30. The minimum absolute atomic E-state index is 0.0779. The first-order valence-electron chi connectivity index (χ1n) is 3.18. The van der Waals surface area contributed by atoms with Gasteiger partial charge in [-0.3, -0.25) is 0 Å². The Bertz CT molecular complexity index is 94.3. The molecule has 0 spiro atoms. The van der Waals surface area contributed by atoms with Gasteiger partial charge in [-0.1, -0.05) is 0 Å². The zero-order valence-corrected chi connectivity index (χ0v) is 5.45. The largest absolute Gasteiger partial charge is 0.394 e. The first-order chi connectivity index (χ1) is 4.24. The molecule has 54 valence electrons. The van der Waals surface area contributed by atoms with Gasteiger partial charge < -0.3 is 14.9 Å². The minimum atomic E-state index is -0.468. The highest BCUT2D eigenvalue weighted by Crippen LogP contribution is 2.18. The van der Waals surface area contributed by atoms with E-state index in [2.05, 4.69) is 0 Å². The molecule has 1 heterocycles. The molecule has 3 nitrogen and oxygen atoms in total. The normalized spacial score (nSPS) is 43.7. The van der Waals surface area contributed by atoms with E-state index in [9.17, 15) is 0 Å². The van der Waals surface area contributed by atoms with Gasteiger partial charge in [0.2, 0.25) is 0 Å². The molecule has 1 aliphatic rings. The summed E-state index contributed by atoms with van der Waals surface area (Å²) in [4.78, 5) is 0. The molecule has 1 unspecified atom stereocenters. The van der Waals surface area contributed by atoms with Crippen LogP contribution >= 0.6 is 0 Å². The third-order valence-corrected chi connectivity index (χ3v) is 1.59. The van der Waals surface area contributed by atoms with Crippen LogP contribution in [0.25, 0.3) is 0 Å². The Hall–Kier alpha value is -0.120. The van der Waals surface area contributed by atoms with E-state index >= 15 is 0 Å². The SMILES string of the molecule is C[C@@H]1CC(O)[C@@H](CO)O1. The summed E-state index contributed by atoms with van der Waals surface area (Å²) < 4.78 is 5.12. The fourth-order valence-corrected chi connectivity index (χ4v) is 1.10. The van der Waals surface area contributed by atoms with Crippen LogP contribution in [0.15, 0.2) is 0 Å². The van der Waals surface area contributed by atoms with Gasteiger partial charge in [0.25, 0.3) is 0 Å². The van der Waals surface area contributed by atoms with Crippen LogP contribution in [0.3, 0.4) is 0 Å². The average molecular weight is 132 g/mol. The molecule has 1 fully saturated rings. The van der Waals surface area contributed by atoms with Crippen LogP contribution in [0.2, 0.25) is 0 Å². The van der Waals surface area contributed by atoms with E-state index in [4.69, 9.17) is 14.9 Å². The maximum atomic E-state index is 9.07. The first kappa shape index (κ1) is 6.99. The van der Waals surface area contributed by atoms with Crippen molar-refractivity contribution in [2.45, 2.75) is 31.7 Å². The summed E-state index contributed by atoms with van der Waals surface area (Å²) in [6.45, 7) is 1.81. The number of aliphatic hydroxyl groups is 2. The molecule has 0 amide bonds. The molecule has 1 rings (SSSR count). The smallest absolute Gasteiger partial charge is 0.107 e. The van der Waals surface area contributed by atoms with Crippen LogP contribution in [0.5, 0.6) is 0 Å². The van der Waals surface area contributed by atoms with Crippen molar-refractivity contribution >= 4 is 0 Å². The molecule has 0 aliphatic carbocycles. The van der Waals surface area contributed by atoms with E-state index in [-0.39, 0.29) is 18.8 Å². The predicted octanol–water partition coefficient (Wildman–Crippen LogP) is -0.483. The maximum Gasteiger partial charge on any atom is 0.107 e. The monoisotopic (exact) mass is 132 g/mol. The standard InChI is InChI=1S/C6H12O3/c1-4-2-5(8)6(3-7)9-4/h4-8H,2-3H2,1H3/t4-,5?,6-/m1/s1. The molecule has 0 bridgehead atoms. The molecule has 3 atom stereocenters. The van der Waals surface area contributed by atoms with Crippen LogP contribution < -0.4 is 0 Å². The van der Waals surface area contributed by atoms with Gasteiger partial charge in [-0.2, -0.15) is 0 Å². The Morgan fingerprint density at radius 3 is 2.56 bits per heavy atom. The Morgan fingerprint density at radius 1 is 1.67 bits per heavy atom. The van der Waals surface area contributed by atoms with Crippen molar-refractivity contribution in [3.8, 4) is 0 Å². The van der Waals surface area contributed by atoms with E-state index in [1.54, 1.807) is 0 Å². The van der Waals surface area contributed by atoms with Crippen LogP contribution in [0, 0.1) is 0 Å². The average Bonchev–Trinajstić information content (AvgIpc) is 2.10. The fraction of sp³-hybridized carbons (Fsp3) is 1.00. The molecule has 0 radical (unpaired) electrons. The lowest BCUT2D eigenvalue weighted by atomic mass is 10.1. The molecule has 1 saturated heterocycles. The highest BCUT2D eigenvalue weighted by atomic mass is 16.5. The Morgan fingerprint density at radius 2 is 2.33 bits per heavy atom. The van der Waals surface area contributed by atoms with Crippen molar-refractivity contribution in [2.24, 2.45) is 0 Å². The Balaban J connectivity index is 2.38. The number of ether oxygens (including phenoxy) is 1. The topological polar surface area (TPSA) is 49.7 Å². The van der Waals surface area contributed by atoms with Crippen LogP contribution in [0.1, 0.15) is 13.3 Å². The summed E-state index contributed by atoms with van der Waals surface area (Å²) in [5, 5.41) is 17.6. The quantitative estimate of drug-likeness (QED) is 0.506. The summed E-state index contributed by atoms with van der Waals surface area (Å²) in [7, 11) is 0. The van der Waals surface area contributed by atoms with Crippen LogP contribution in [-0.2, 0) is 4.74 Å². The van der Waals surface area contributed by atoms with Gasteiger partial charge in [0.1, 0.15) is 6.10 Å². The number of rotatable bonds is 1. The summed E-state index contributed by atoms with van der Waals surface area (Å²) in [6.07, 6.45) is -0.0762. The van der Waals surface area contributed by atoms with Gasteiger partial charge in [0.15, 0.2) is 0 Å². The summed E-state index contributed by atoms with van der Waals surface area (Å²) >= 11 is 0. The van der Waals surface area contributed by atoms with E-state index in [1.807, 2.05) is 6.92 Å². The van der Waals surface area contributed by atoms with E-state index in [0.29, 0.717) is 6.42 Å². The summed E-state index contributed by atoms with van der Waals surface area (Å²) in [6, 6.07) is 0. The zero-order valence-electron chi connectivity index (χ0n) is 5.45. The molecule has 2 N–H and O–H groups in total. The molecule has 0 saturated carbocycles. The third kappa shape index (κ3) is 1.41. The maximum absolute atomic E-state index is 9.07. The van der Waals surface area contributed by atoms with Crippen LogP contribution in [-0.4, -0.2) is 35.1 Å². The molecule has 9 heavy (non-hydrogen) atoms. The van der Waals surface area contributed by atoms with E-state index in [1.165, 1.54) is 0 Å². The second-order valence-corrected chi connectivity index (χ2v) is 2.47. The lowest BCUT2D eigenvalue weighted by Gasteiger charge is -2.08. The van der Waals surface area contributed by atoms with Gasteiger partial charge in [0.05, 0.1) is 18.8 Å². The van der Waals surface area contributed by atoms with Crippen molar-refractivity contribution in [2.75, 3.05) is 6.61 Å². The van der Waals surface area contributed by atoms with Crippen molar-refractivity contribution in [3.05, 3.63) is 0 Å². The molecule has 1 aliphatic heterocycles. The molecule has 0 aromatic carbocycles. The second-order valence-electron chi connectivity index (χ2n) is 2.47. The molecule has 0 aromatic rings. The minimum Gasteiger partial charge on any atom is -0.394 e. The lowest BCUT2D eigenvalue weighted by molar-refractivity contribution is -0.0170. The van der Waals surface area contributed by atoms with Crippen molar-refractivity contribution in [3.63, 3.8) is 0 Å². The van der Waals surface area contributed by atoms with E-state index < -0.39 is 6.10 Å². The Kier molecular flexibility index (Phi) is 2.05. The van der Waals surface area contributed by atoms with Gasteiger partial charge in [-0.05, 0) is 6.92 Å². The van der Waals surface area contributed by atoms with Gasteiger partial charge >= 0.3 is 0 Å². The van der Waals surface area contributed by atoms with Gasteiger partial charge in [0, 0.05) is 6.42 Å². The zero-order chi connectivity index (χ0) is 6.85. The van der Waals surface area contributed by atoms with Gasteiger partial charge in [-0.15, -0.1) is 0 Å². The van der Waals surface area contributed by atoms with Crippen molar-refractivity contribution < 1.29 is 14.9 Å². The van der Waals surface area contributed by atoms with Crippen LogP contribution in [0.4, 0.5) is 0 Å². The van der Waals surface area contributed by atoms with Crippen molar-refractivity contribution in [1.82, 2.24) is 0 Å². The second kappa shape index (κ2) is 2.64. The van der Waals surface area contributed by atoms with Crippen molar-refractivity contribution in [1.29, 1.82) is 0 Å². The third-order valence-electron chi connectivity index (χ3n) is 1.59. The first-order valence-corrected chi connectivity index (χ1v) is 3.18. The molecular formula is C6H12O3. The number of aliphatic hydroxyl groups excluding tert-OH is 2. The highest BCUT2D eigenvalue weighted by molar-refractivity contribution is 4.78. The molecular weight excluding hydrogens is 120 g/mol. The fourth-order valence-electron chi connectivity index (χ4n) is 1.10. The predicted molar refractivity (Wildman–Crippen MR) is 32.0 cm³/mol. The van der Waals surface area contributed by atoms with E-state index in [0.717, 1.165) is 0 Å². The molecule has 0 aromatic heterocycles. The lowest BCUT2D eigenvalue weighted by Crippen LogP contribution is -2.24. The molecule has 3 heteroatoms. The number of hydrogen-bond acceptors (Lipinski definition) is 3. The summed E-state index contributed by atoms with van der Waals surface area (Å²) in [5.41, 5.74) is 0.